The highest BCUT2D eigenvalue weighted by atomic mass is 16.2. The number of hydrogen-bond donors (Lipinski definition) is 1. The van der Waals surface area contributed by atoms with Crippen molar-refractivity contribution in [3.8, 4) is 23.7 Å². The van der Waals surface area contributed by atoms with E-state index in [2.05, 4.69) is 30.3 Å². The van der Waals surface area contributed by atoms with Gasteiger partial charge in [0.05, 0.1) is 13.1 Å². The molecule has 0 bridgehead atoms. The van der Waals surface area contributed by atoms with Crippen molar-refractivity contribution in [1.82, 2.24) is 0 Å². The fraction of sp³-hybridized carbons (Fsp3) is 0.538. The van der Waals surface area contributed by atoms with Crippen molar-refractivity contribution in [2.45, 2.75) is 12.8 Å². The van der Waals surface area contributed by atoms with Gasteiger partial charge in [0.2, 0.25) is 0 Å². The molecule has 0 amide bonds. The van der Waals surface area contributed by atoms with E-state index >= 15 is 0 Å². The lowest BCUT2D eigenvalue weighted by atomic mass is 10.3. The van der Waals surface area contributed by atoms with Crippen molar-refractivity contribution in [3.05, 3.63) is 12.7 Å². The molecule has 0 aromatic carbocycles. The Hall–Kier alpha value is -1.22. The molecule has 15 heavy (non-hydrogen) atoms. The Morgan fingerprint density at radius 2 is 1.80 bits per heavy atom. The second kappa shape index (κ2) is 6.30. The lowest BCUT2D eigenvalue weighted by Gasteiger charge is -2.29. The Morgan fingerprint density at radius 3 is 2.40 bits per heavy atom. The summed E-state index contributed by atoms with van der Waals surface area (Å²) in [6.45, 7) is 7.52. The number of quaternary nitrogens is 1. The second-order valence-corrected chi connectivity index (χ2v) is 3.85. The number of likely N-dealkylation sites (tertiary alicyclic amines) is 1. The molecule has 2 nitrogen and oxygen atoms in total. The number of allylic oxidation sites excluding steroid dienone is 1. The summed E-state index contributed by atoms with van der Waals surface area (Å²) in [7, 11) is 0. The Morgan fingerprint density at radius 1 is 1.13 bits per heavy atom. The van der Waals surface area contributed by atoms with Crippen molar-refractivity contribution in [2.75, 3.05) is 32.8 Å². The van der Waals surface area contributed by atoms with Crippen LogP contribution < -0.4 is 0 Å². The molecule has 0 atom stereocenters. The summed E-state index contributed by atoms with van der Waals surface area (Å²) in [5.41, 5.74) is 0. The third-order valence-electron chi connectivity index (χ3n) is 2.75. The highest BCUT2D eigenvalue weighted by Crippen LogP contribution is 2.17. The molecular formula is C13H18NO+. The van der Waals surface area contributed by atoms with E-state index in [1.807, 2.05) is 0 Å². The highest BCUT2D eigenvalue weighted by molar-refractivity contribution is 5.12. The molecule has 0 spiro atoms. The molecule has 0 aromatic rings. The van der Waals surface area contributed by atoms with Crippen LogP contribution >= 0.6 is 0 Å². The van der Waals surface area contributed by atoms with E-state index in [1.165, 1.54) is 12.8 Å². The molecular weight excluding hydrogens is 186 g/mol. The molecule has 80 valence electrons. The summed E-state index contributed by atoms with van der Waals surface area (Å²) >= 11 is 0. The number of hydrogen-bond acceptors (Lipinski definition) is 1. The molecule has 1 rings (SSSR count). The van der Waals surface area contributed by atoms with E-state index < -0.39 is 0 Å². The SMILES string of the molecule is C=CC#CC[N+]1(CC#CCO)CCCC1. The first kappa shape index (κ1) is 11.9. The van der Waals surface area contributed by atoms with Crippen LogP contribution in [0.1, 0.15) is 12.8 Å². The molecule has 2 heteroatoms. The Bertz CT molecular complexity index is 318. The van der Waals surface area contributed by atoms with Gasteiger partial charge in [0.1, 0.15) is 19.7 Å². The number of rotatable bonds is 2. The monoisotopic (exact) mass is 204 g/mol. The average molecular weight is 204 g/mol. The Labute approximate surface area is 92.2 Å². The van der Waals surface area contributed by atoms with Crippen molar-refractivity contribution >= 4 is 0 Å². The van der Waals surface area contributed by atoms with Gasteiger partial charge < -0.3 is 9.59 Å². The van der Waals surface area contributed by atoms with Gasteiger partial charge in [-0.2, -0.15) is 0 Å². The van der Waals surface area contributed by atoms with Gasteiger partial charge in [0.15, 0.2) is 0 Å². The van der Waals surface area contributed by atoms with Crippen LogP contribution in [-0.2, 0) is 0 Å². The summed E-state index contributed by atoms with van der Waals surface area (Å²) in [5.74, 6) is 11.7. The molecule has 1 heterocycles. The molecule has 1 aliphatic rings. The van der Waals surface area contributed by atoms with E-state index in [0.717, 1.165) is 30.7 Å². The molecule has 0 aliphatic carbocycles. The van der Waals surface area contributed by atoms with Gasteiger partial charge in [-0.15, -0.1) is 0 Å². The van der Waals surface area contributed by atoms with Gasteiger partial charge in [0, 0.05) is 12.8 Å². The predicted octanol–water partition coefficient (Wildman–Crippen LogP) is 0.782. The van der Waals surface area contributed by atoms with Crippen LogP contribution in [0.2, 0.25) is 0 Å². The minimum absolute atomic E-state index is 0.0433. The maximum absolute atomic E-state index is 8.62. The van der Waals surface area contributed by atoms with Crippen LogP contribution in [0.4, 0.5) is 0 Å². The Balaban J connectivity index is 2.57. The lowest BCUT2D eigenvalue weighted by Crippen LogP contribution is -2.45. The molecule has 1 saturated heterocycles. The third-order valence-corrected chi connectivity index (χ3v) is 2.75. The zero-order valence-electron chi connectivity index (χ0n) is 9.13. The van der Waals surface area contributed by atoms with E-state index in [1.54, 1.807) is 6.08 Å². The summed E-state index contributed by atoms with van der Waals surface area (Å²) in [6.07, 6.45) is 4.15. The number of aliphatic hydroxyl groups excluding tert-OH is 1. The molecule has 0 unspecified atom stereocenters. The Kier molecular flexibility index (Phi) is 4.98. The first-order chi connectivity index (χ1) is 7.33. The summed E-state index contributed by atoms with van der Waals surface area (Å²) in [5, 5.41) is 8.62. The van der Waals surface area contributed by atoms with E-state index in [-0.39, 0.29) is 6.61 Å². The first-order valence-electron chi connectivity index (χ1n) is 5.34. The maximum atomic E-state index is 8.62. The minimum atomic E-state index is -0.0433. The maximum Gasteiger partial charge on any atom is 0.142 e. The summed E-state index contributed by atoms with van der Waals surface area (Å²) in [4.78, 5) is 0. The van der Waals surface area contributed by atoms with E-state index in [0.29, 0.717) is 0 Å². The average Bonchev–Trinajstić information content (AvgIpc) is 2.68. The summed E-state index contributed by atoms with van der Waals surface area (Å²) in [6, 6.07) is 0. The van der Waals surface area contributed by atoms with Gasteiger partial charge in [-0.3, -0.25) is 0 Å². The molecule has 1 N–H and O–H groups in total. The zero-order valence-corrected chi connectivity index (χ0v) is 9.13. The smallest absolute Gasteiger partial charge is 0.142 e. The topological polar surface area (TPSA) is 20.2 Å². The van der Waals surface area contributed by atoms with Gasteiger partial charge in [-0.1, -0.05) is 18.4 Å². The van der Waals surface area contributed by atoms with Crippen molar-refractivity contribution in [2.24, 2.45) is 0 Å². The van der Waals surface area contributed by atoms with Crippen LogP contribution in [0.5, 0.6) is 0 Å². The van der Waals surface area contributed by atoms with Crippen molar-refractivity contribution < 1.29 is 9.59 Å². The van der Waals surface area contributed by atoms with Crippen LogP contribution in [0.25, 0.3) is 0 Å². The van der Waals surface area contributed by atoms with Gasteiger partial charge in [-0.05, 0) is 17.9 Å². The first-order valence-corrected chi connectivity index (χ1v) is 5.34. The van der Waals surface area contributed by atoms with Crippen molar-refractivity contribution in [3.63, 3.8) is 0 Å². The third kappa shape index (κ3) is 3.80. The number of nitrogens with zero attached hydrogens (tertiary/aromatic N) is 1. The van der Waals surface area contributed by atoms with Gasteiger partial charge in [-0.25, -0.2) is 0 Å². The fourth-order valence-corrected chi connectivity index (χ4v) is 1.94. The molecule has 1 aliphatic heterocycles. The standard InChI is InChI=1S/C13H18NO/c1-2-3-4-9-14(10-5-6-11-14)12-7-8-13-15/h2,15H,1,5-6,9-13H2/q+1. The fourth-order valence-electron chi connectivity index (χ4n) is 1.94. The zero-order chi connectivity index (χ0) is 11.0. The minimum Gasteiger partial charge on any atom is -0.384 e. The largest absolute Gasteiger partial charge is 0.384 e. The van der Waals surface area contributed by atoms with E-state index in [9.17, 15) is 0 Å². The van der Waals surface area contributed by atoms with Crippen LogP contribution in [-0.4, -0.2) is 42.4 Å². The quantitative estimate of drug-likeness (QED) is 0.520. The number of aliphatic hydroxyl groups is 1. The van der Waals surface area contributed by atoms with Gasteiger partial charge in [0.25, 0.3) is 0 Å². The van der Waals surface area contributed by atoms with Crippen LogP contribution in [0.3, 0.4) is 0 Å². The predicted molar refractivity (Wildman–Crippen MR) is 61.8 cm³/mol. The molecule has 0 radical (unpaired) electrons. The molecule has 1 fully saturated rings. The van der Waals surface area contributed by atoms with Crippen molar-refractivity contribution in [1.29, 1.82) is 0 Å². The molecule has 0 saturated carbocycles. The second-order valence-electron chi connectivity index (χ2n) is 3.85. The van der Waals surface area contributed by atoms with Gasteiger partial charge >= 0.3 is 0 Å². The highest BCUT2D eigenvalue weighted by Gasteiger charge is 2.29. The van der Waals surface area contributed by atoms with Crippen LogP contribution in [0, 0.1) is 23.7 Å². The normalized spacial score (nSPS) is 17.1. The summed E-state index contributed by atoms with van der Waals surface area (Å²) < 4.78 is 0.966. The lowest BCUT2D eigenvalue weighted by molar-refractivity contribution is -0.903. The van der Waals surface area contributed by atoms with E-state index in [4.69, 9.17) is 5.11 Å². The molecule has 0 aromatic heterocycles. The van der Waals surface area contributed by atoms with Crippen LogP contribution in [0.15, 0.2) is 12.7 Å².